The number of carbonyl (C=O) groups is 1. The van der Waals surface area contributed by atoms with Gasteiger partial charge in [-0.15, -0.1) is 0 Å². The molecule has 1 aromatic rings. The molecule has 1 aromatic carbocycles. The molecule has 0 saturated carbocycles. The molecule has 0 fully saturated rings. The summed E-state index contributed by atoms with van der Waals surface area (Å²) >= 11 is 0. The lowest BCUT2D eigenvalue weighted by molar-refractivity contribution is 0.0262. The van der Waals surface area contributed by atoms with Gasteiger partial charge in [-0.1, -0.05) is 0 Å². The predicted octanol–water partition coefficient (Wildman–Crippen LogP) is 1.99. The summed E-state index contributed by atoms with van der Waals surface area (Å²) in [6.45, 7) is 2.20. The van der Waals surface area contributed by atoms with E-state index >= 15 is 0 Å². The second-order valence-electron chi connectivity index (χ2n) is 3.74. The van der Waals surface area contributed by atoms with Crippen molar-refractivity contribution in [3.63, 3.8) is 0 Å². The SMILES string of the molecule is COCCC(C)OC(=O)c1cc(N)ccc1F. The number of nitrogen functional groups attached to an aromatic ring is 1. The van der Waals surface area contributed by atoms with Crippen molar-refractivity contribution < 1.29 is 18.7 Å². The van der Waals surface area contributed by atoms with Crippen LogP contribution in [0.4, 0.5) is 10.1 Å². The second-order valence-corrected chi connectivity index (χ2v) is 3.74. The van der Waals surface area contributed by atoms with E-state index in [9.17, 15) is 9.18 Å². The number of rotatable bonds is 5. The van der Waals surface area contributed by atoms with Gasteiger partial charge in [0.25, 0.3) is 0 Å². The standard InChI is InChI=1S/C12H16FNO3/c1-8(5-6-16-2)17-12(15)10-7-9(14)3-4-11(10)13/h3-4,7-8H,5-6,14H2,1-2H3. The highest BCUT2D eigenvalue weighted by Gasteiger charge is 2.16. The van der Waals surface area contributed by atoms with Crippen molar-refractivity contribution in [2.45, 2.75) is 19.4 Å². The van der Waals surface area contributed by atoms with Gasteiger partial charge in [-0.25, -0.2) is 9.18 Å². The maximum absolute atomic E-state index is 13.3. The molecule has 0 saturated heterocycles. The fourth-order valence-corrected chi connectivity index (χ4v) is 1.29. The second kappa shape index (κ2) is 6.20. The lowest BCUT2D eigenvalue weighted by Crippen LogP contribution is -2.17. The third-order valence-corrected chi connectivity index (χ3v) is 2.25. The molecule has 0 radical (unpaired) electrons. The molecule has 0 aliphatic heterocycles. The third-order valence-electron chi connectivity index (χ3n) is 2.25. The summed E-state index contributed by atoms with van der Waals surface area (Å²) in [5, 5.41) is 0. The maximum Gasteiger partial charge on any atom is 0.341 e. The minimum absolute atomic E-state index is 0.144. The molecular formula is C12H16FNO3. The quantitative estimate of drug-likeness (QED) is 0.632. The van der Waals surface area contributed by atoms with Crippen LogP contribution in [0.2, 0.25) is 0 Å². The predicted molar refractivity (Wildman–Crippen MR) is 62.2 cm³/mol. The van der Waals surface area contributed by atoms with Crippen molar-refractivity contribution in [1.29, 1.82) is 0 Å². The molecule has 2 N–H and O–H groups in total. The van der Waals surface area contributed by atoms with E-state index in [4.69, 9.17) is 15.2 Å². The average molecular weight is 241 g/mol. The van der Waals surface area contributed by atoms with Crippen molar-refractivity contribution in [2.75, 3.05) is 19.5 Å². The molecule has 1 unspecified atom stereocenters. The van der Waals surface area contributed by atoms with E-state index in [1.54, 1.807) is 14.0 Å². The Bertz CT molecular complexity index is 395. The summed E-state index contributed by atoms with van der Waals surface area (Å²) in [6, 6.07) is 3.80. The Morgan fingerprint density at radius 2 is 2.24 bits per heavy atom. The van der Waals surface area contributed by atoms with Crippen molar-refractivity contribution in [2.24, 2.45) is 0 Å². The Balaban J connectivity index is 2.66. The minimum Gasteiger partial charge on any atom is -0.459 e. The van der Waals surface area contributed by atoms with Crippen LogP contribution in [0.15, 0.2) is 18.2 Å². The highest BCUT2D eigenvalue weighted by molar-refractivity contribution is 5.90. The first kappa shape index (κ1) is 13.4. The number of halogens is 1. The zero-order valence-corrected chi connectivity index (χ0v) is 9.90. The largest absolute Gasteiger partial charge is 0.459 e. The molecule has 0 aliphatic carbocycles. The van der Waals surface area contributed by atoms with Crippen molar-refractivity contribution in [3.05, 3.63) is 29.6 Å². The van der Waals surface area contributed by atoms with Crippen LogP contribution in [0.25, 0.3) is 0 Å². The van der Waals surface area contributed by atoms with Gasteiger partial charge >= 0.3 is 5.97 Å². The van der Waals surface area contributed by atoms with Crippen molar-refractivity contribution >= 4 is 11.7 Å². The van der Waals surface area contributed by atoms with E-state index in [1.807, 2.05) is 0 Å². The summed E-state index contributed by atoms with van der Waals surface area (Å²) < 4.78 is 23.3. The van der Waals surface area contributed by atoms with Crippen LogP contribution in [0.3, 0.4) is 0 Å². The molecule has 17 heavy (non-hydrogen) atoms. The van der Waals surface area contributed by atoms with Gasteiger partial charge in [-0.05, 0) is 25.1 Å². The Kier molecular flexibility index (Phi) is 4.90. The van der Waals surface area contributed by atoms with Crippen LogP contribution >= 0.6 is 0 Å². The van der Waals surface area contributed by atoms with E-state index < -0.39 is 11.8 Å². The minimum atomic E-state index is -0.710. The summed E-state index contributed by atoms with van der Waals surface area (Å²) in [5.74, 6) is -1.35. The van der Waals surface area contributed by atoms with Crippen LogP contribution in [0.5, 0.6) is 0 Å². The number of ether oxygens (including phenoxy) is 2. The van der Waals surface area contributed by atoms with Gasteiger partial charge in [0.15, 0.2) is 0 Å². The van der Waals surface area contributed by atoms with Gasteiger partial charge in [0, 0.05) is 25.8 Å². The smallest absolute Gasteiger partial charge is 0.341 e. The summed E-state index contributed by atoms with van der Waals surface area (Å²) in [6.07, 6.45) is 0.231. The van der Waals surface area contributed by atoms with Gasteiger partial charge in [0.2, 0.25) is 0 Å². The van der Waals surface area contributed by atoms with Gasteiger partial charge in [-0.2, -0.15) is 0 Å². The lowest BCUT2D eigenvalue weighted by Gasteiger charge is -2.13. The summed E-state index contributed by atoms with van der Waals surface area (Å²) in [7, 11) is 1.56. The lowest BCUT2D eigenvalue weighted by atomic mass is 10.2. The number of hydrogen-bond acceptors (Lipinski definition) is 4. The van der Waals surface area contributed by atoms with Crippen molar-refractivity contribution in [3.8, 4) is 0 Å². The number of anilines is 1. The molecule has 0 bridgehead atoms. The molecule has 1 atom stereocenters. The molecule has 0 aliphatic rings. The van der Waals surface area contributed by atoms with Gasteiger partial charge in [-0.3, -0.25) is 0 Å². The third kappa shape index (κ3) is 4.03. The summed E-state index contributed by atoms with van der Waals surface area (Å²) in [5.41, 5.74) is 5.66. The number of carbonyl (C=O) groups excluding carboxylic acids is 1. The first-order valence-corrected chi connectivity index (χ1v) is 5.29. The molecule has 0 spiro atoms. The summed E-state index contributed by atoms with van der Waals surface area (Å²) in [4.78, 5) is 11.6. The molecule has 0 heterocycles. The fourth-order valence-electron chi connectivity index (χ4n) is 1.29. The van der Waals surface area contributed by atoms with Gasteiger partial charge in [0.1, 0.15) is 11.9 Å². The normalized spacial score (nSPS) is 12.2. The average Bonchev–Trinajstić information content (AvgIpc) is 2.29. The number of hydrogen-bond donors (Lipinski definition) is 1. The number of esters is 1. The van der Waals surface area contributed by atoms with E-state index in [2.05, 4.69) is 0 Å². The molecule has 4 nitrogen and oxygen atoms in total. The van der Waals surface area contributed by atoms with E-state index in [1.165, 1.54) is 12.1 Å². The fraction of sp³-hybridized carbons (Fsp3) is 0.417. The van der Waals surface area contributed by atoms with Crippen LogP contribution in [-0.2, 0) is 9.47 Å². The zero-order valence-electron chi connectivity index (χ0n) is 9.90. The molecule has 0 aromatic heterocycles. The zero-order chi connectivity index (χ0) is 12.8. The van der Waals surface area contributed by atoms with Crippen LogP contribution in [0, 0.1) is 5.82 Å². The molecule has 94 valence electrons. The molecule has 1 rings (SSSR count). The Labute approximate surface area is 99.5 Å². The van der Waals surface area contributed by atoms with Crippen LogP contribution in [-0.4, -0.2) is 25.8 Å². The Hall–Kier alpha value is -1.62. The molecular weight excluding hydrogens is 225 g/mol. The van der Waals surface area contributed by atoms with E-state index in [0.717, 1.165) is 6.07 Å². The highest BCUT2D eigenvalue weighted by Crippen LogP contribution is 2.14. The highest BCUT2D eigenvalue weighted by atomic mass is 19.1. The van der Waals surface area contributed by atoms with Crippen LogP contribution < -0.4 is 5.73 Å². The van der Waals surface area contributed by atoms with E-state index in [-0.39, 0.29) is 11.7 Å². The van der Waals surface area contributed by atoms with Crippen molar-refractivity contribution in [1.82, 2.24) is 0 Å². The molecule has 5 heteroatoms. The van der Waals surface area contributed by atoms with Gasteiger partial charge < -0.3 is 15.2 Å². The Morgan fingerprint density at radius 1 is 1.53 bits per heavy atom. The number of methoxy groups -OCH3 is 1. The molecule has 0 amide bonds. The van der Waals surface area contributed by atoms with Crippen LogP contribution in [0.1, 0.15) is 23.7 Å². The van der Waals surface area contributed by atoms with E-state index in [0.29, 0.717) is 18.7 Å². The topological polar surface area (TPSA) is 61.5 Å². The maximum atomic E-state index is 13.3. The first-order valence-electron chi connectivity index (χ1n) is 5.29. The van der Waals surface area contributed by atoms with Gasteiger partial charge in [0.05, 0.1) is 5.56 Å². The first-order chi connectivity index (χ1) is 8.04. The monoisotopic (exact) mass is 241 g/mol. The number of nitrogens with two attached hydrogens (primary N) is 1. The number of benzene rings is 1. The Morgan fingerprint density at radius 3 is 2.88 bits per heavy atom.